The predicted molar refractivity (Wildman–Crippen MR) is 54.4 cm³/mol. The van der Waals surface area contributed by atoms with Crippen molar-refractivity contribution < 1.29 is 22.3 Å². The molecular formula is C8H9ClFNO4S. The molecule has 0 atom stereocenters. The van der Waals surface area contributed by atoms with Gasteiger partial charge in [-0.3, -0.25) is 0 Å². The molecule has 0 unspecified atom stereocenters. The molecule has 0 N–H and O–H groups in total. The molecule has 90 valence electrons. The third-order valence-electron chi connectivity index (χ3n) is 1.82. The number of halogens is 2. The molecule has 0 aliphatic rings. The van der Waals surface area contributed by atoms with Gasteiger partial charge in [0, 0.05) is 23.9 Å². The van der Waals surface area contributed by atoms with Crippen molar-refractivity contribution in [3.63, 3.8) is 0 Å². The molecule has 5 nitrogen and oxygen atoms in total. The summed E-state index contributed by atoms with van der Waals surface area (Å²) in [5, 5.41) is 0. The second-order valence-electron chi connectivity index (χ2n) is 2.93. The summed E-state index contributed by atoms with van der Waals surface area (Å²) in [5.41, 5.74) is -0.471. The quantitative estimate of drug-likeness (QED) is 0.612. The fraction of sp³-hybridized carbons (Fsp3) is 0.375. The van der Waals surface area contributed by atoms with Gasteiger partial charge in [0.1, 0.15) is 4.90 Å². The fourth-order valence-corrected chi connectivity index (χ4v) is 2.09. The lowest BCUT2D eigenvalue weighted by Gasteiger charge is -2.02. The highest BCUT2D eigenvalue weighted by molar-refractivity contribution is 8.13. The van der Waals surface area contributed by atoms with Gasteiger partial charge in [0.25, 0.3) is 9.05 Å². The number of aromatic nitrogens is 1. The predicted octanol–water partition coefficient (Wildman–Crippen LogP) is 1.27. The summed E-state index contributed by atoms with van der Waals surface area (Å²) in [6.07, 6.45) is 0.921. The van der Waals surface area contributed by atoms with Gasteiger partial charge in [0.2, 0.25) is 0 Å². The zero-order chi connectivity index (χ0) is 12.5. The Morgan fingerprint density at radius 2 is 2.19 bits per heavy atom. The normalized spacial score (nSPS) is 11.5. The van der Waals surface area contributed by atoms with E-state index in [9.17, 15) is 17.6 Å². The summed E-state index contributed by atoms with van der Waals surface area (Å²) in [4.78, 5) is 10.6. The molecule has 0 aromatic carbocycles. The Morgan fingerprint density at radius 3 is 2.56 bits per heavy atom. The molecule has 1 aromatic heterocycles. The minimum atomic E-state index is -4.22. The number of carbonyl (C=O) groups excluding carboxylic acids is 1. The number of rotatable bonds is 3. The number of hydrogen-bond acceptors (Lipinski definition) is 4. The van der Waals surface area contributed by atoms with Gasteiger partial charge >= 0.3 is 5.97 Å². The van der Waals surface area contributed by atoms with Crippen molar-refractivity contribution in [2.24, 2.45) is 7.05 Å². The summed E-state index contributed by atoms with van der Waals surface area (Å²) in [7, 11) is 2.10. The van der Waals surface area contributed by atoms with Crippen LogP contribution in [0.5, 0.6) is 0 Å². The van der Waals surface area contributed by atoms with Crippen molar-refractivity contribution in [2.45, 2.75) is 11.8 Å². The summed E-state index contributed by atoms with van der Waals surface area (Å²) < 4.78 is 41.1. The summed E-state index contributed by atoms with van der Waals surface area (Å²) in [6.45, 7) is 1.62. The van der Waals surface area contributed by atoms with E-state index in [4.69, 9.17) is 10.7 Å². The van der Waals surface area contributed by atoms with Gasteiger partial charge in [0.15, 0.2) is 11.5 Å². The number of esters is 1. The SMILES string of the molecule is CCOC(=O)c1c(F)c(S(=O)(=O)Cl)cn1C. The Morgan fingerprint density at radius 1 is 1.62 bits per heavy atom. The molecule has 0 saturated heterocycles. The Bertz CT molecular complexity index is 522. The van der Waals surface area contributed by atoms with Gasteiger partial charge < -0.3 is 9.30 Å². The summed E-state index contributed by atoms with van der Waals surface area (Å²) in [5.74, 6) is -2.13. The van der Waals surface area contributed by atoms with Crippen LogP contribution in [0.25, 0.3) is 0 Å². The largest absolute Gasteiger partial charge is 0.461 e. The van der Waals surface area contributed by atoms with Gasteiger partial charge in [0.05, 0.1) is 6.61 Å². The van der Waals surface area contributed by atoms with Crippen molar-refractivity contribution in [3.05, 3.63) is 17.7 Å². The van der Waals surface area contributed by atoms with Crippen LogP contribution in [0, 0.1) is 5.82 Å². The highest BCUT2D eigenvalue weighted by Crippen LogP contribution is 2.23. The first-order valence-electron chi connectivity index (χ1n) is 4.25. The highest BCUT2D eigenvalue weighted by atomic mass is 35.7. The standard InChI is InChI=1S/C8H9ClFNO4S/c1-3-15-8(12)7-6(10)5(4-11(7)2)16(9,13)14/h4H,3H2,1-2H3. The van der Waals surface area contributed by atoms with Crippen LogP contribution >= 0.6 is 10.7 Å². The second kappa shape index (κ2) is 4.42. The topological polar surface area (TPSA) is 65.4 Å². The van der Waals surface area contributed by atoms with E-state index in [2.05, 4.69) is 4.74 Å². The number of ether oxygens (including phenoxy) is 1. The van der Waals surface area contributed by atoms with Crippen LogP contribution in [0.4, 0.5) is 4.39 Å². The Kier molecular flexibility index (Phi) is 3.59. The molecule has 1 aromatic rings. The molecule has 16 heavy (non-hydrogen) atoms. The van der Waals surface area contributed by atoms with Crippen molar-refractivity contribution in [1.82, 2.24) is 4.57 Å². The van der Waals surface area contributed by atoms with E-state index < -0.39 is 31.4 Å². The maximum absolute atomic E-state index is 13.6. The van der Waals surface area contributed by atoms with Crippen LogP contribution in [0.2, 0.25) is 0 Å². The maximum Gasteiger partial charge on any atom is 0.358 e. The van der Waals surface area contributed by atoms with Crippen LogP contribution in [-0.2, 0) is 20.8 Å². The van der Waals surface area contributed by atoms with Crippen LogP contribution in [0.15, 0.2) is 11.1 Å². The molecular weight excluding hydrogens is 261 g/mol. The van der Waals surface area contributed by atoms with E-state index in [-0.39, 0.29) is 6.61 Å². The molecule has 0 aliphatic carbocycles. The van der Waals surface area contributed by atoms with Crippen LogP contribution in [0.3, 0.4) is 0 Å². The molecule has 0 saturated carbocycles. The lowest BCUT2D eigenvalue weighted by atomic mass is 10.4. The first kappa shape index (κ1) is 13.0. The van der Waals surface area contributed by atoms with Crippen molar-refractivity contribution in [2.75, 3.05) is 6.61 Å². The van der Waals surface area contributed by atoms with Gasteiger partial charge in [-0.15, -0.1) is 0 Å². The minimum absolute atomic E-state index is 0.0619. The van der Waals surface area contributed by atoms with Crippen LogP contribution in [-0.4, -0.2) is 25.6 Å². The zero-order valence-corrected chi connectivity index (χ0v) is 10.1. The number of hydrogen-bond donors (Lipinski definition) is 0. The smallest absolute Gasteiger partial charge is 0.358 e. The van der Waals surface area contributed by atoms with E-state index in [0.29, 0.717) is 0 Å². The molecule has 1 heterocycles. The molecule has 0 fully saturated rings. The molecule has 0 spiro atoms. The number of carbonyl (C=O) groups is 1. The van der Waals surface area contributed by atoms with Crippen LogP contribution < -0.4 is 0 Å². The van der Waals surface area contributed by atoms with Crippen molar-refractivity contribution >= 4 is 25.7 Å². The number of nitrogens with zero attached hydrogens (tertiary/aromatic N) is 1. The number of aryl methyl sites for hydroxylation is 1. The van der Waals surface area contributed by atoms with E-state index in [1.807, 2.05) is 0 Å². The third-order valence-corrected chi connectivity index (χ3v) is 3.13. The summed E-state index contributed by atoms with van der Waals surface area (Å²) >= 11 is 0. The molecule has 8 heteroatoms. The van der Waals surface area contributed by atoms with Crippen molar-refractivity contribution in [3.8, 4) is 0 Å². The van der Waals surface area contributed by atoms with Gasteiger partial charge in [-0.2, -0.15) is 0 Å². The zero-order valence-electron chi connectivity index (χ0n) is 8.53. The van der Waals surface area contributed by atoms with Gasteiger partial charge in [-0.25, -0.2) is 17.6 Å². The molecule has 0 aliphatic heterocycles. The van der Waals surface area contributed by atoms with Crippen molar-refractivity contribution in [1.29, 1.82) is 0 Å². The van der Waals surface area contributed by atoms with E-state index >= 15 is 0 Å². The third kappa shape index (κ3) is 2.35. The Balaban J connectivity index is 3.34. The minimum Gasteiger partial charge on any atom is -0.461 e. The first-order valence-corrected chi connectivity index (χ1v) is 6.56. The molecule has 0 radical (unpaired) electrons. The fourth-order valence-electron chi connectivity index (χ4n) is 1.17. The van der Waals surface area contributed by atoms with E-state index in [1.54, 1.807) is 6.92 Å². The Labute approximate surface area is 96.2 Å². The maximum atomic E-state index is 13.6. The summed E-state index contributed by atoms with van der Waals surface area (Å²) in [6, 6.07) is 0. The van der Waals surface area contributed by atoms with Crippen LogP contribution in [0.1, 0.15) is 17.4 Å². The van der Waals surface area contributed by atoms with E-state index in [1.165, 1.54) is 7.05 Å². The van der Waals surface area contributed by atoms with Gasteiger partial charge in [-0.1, -0.05) is 0 Å². The lowest BCUT2D eigenvalue weighted by Crippen LogP contribution is -2.11. The lowest BCUT2D eigenvalue weighted by molar-refractivity contribution is 0.0509. The monoisotopic (exact) mass is 269 g/mol. The highest BCUT2D eigenvalue weighted by Gasteiger charge is 2.27. The molecule has 1 rings (SSSR count). The Hall–Kier alpha value is -1.08. The van der Waals surface area contributed by atoms with Gasteiger partial charge in [-0.05, 0) is 6.92 Å². The first-order chi connectivity index (χ1) is 7.29. The molecule has 0 amide bonds. The average Bonchev–Trinajstić information content (AvgIpc) is 2.41. The van der Waals surface area contributed by atoms with E-state index in [0.717, 1.165) is 10.8 Å². The molecule has 0 bridgehead atoms. The average molecular weight is 270 g/mol. The second-order valence-corrected chi connectivity index (χ2v) is 5.46.